The molecule has 1 unspecified atom stereocenters. The van der Waals surface area contributed by atoms with Crippen LogP contribution in [0.3, 0.4) is 0 Å². The van der Waals surface area contributed by atoms with E-state index in [9.17, 15) is 0 Å². The summed E-state index contributed by atoms with van der Waals surface area (Å²) >= 11 is 0. The number of rotatable bonds is 5. The highest BCUT2D eigenvalue weighted by Gasteiger charge is 2.20. The Labute approximate surface area is 165 Å². The fourth-order valence-corrected chi connectivity index (χ4v) is 3.88. The van der Waals surface area contributed by atoms with Gasteiger partial charge in [0, 0.05) is 35.0 Å². The lowest BCUT2D eigenvalue weighted by atomic mass is 10.0. The van der Waals surface area contributed by atoms with E-state index in [1.807, 2.05) is 30.3 Å². The van der Waals surface area contributed by atoms with Crippen LogP contribution in [0.15, 0.2) is 42.5 Å². The highest BCUT2D eigenvalue weighted by atomic mass is 16.5. The van der Waals surface area contributed by atoms with Crippen molar-refractivity contribution in [2.45, 2.75) is 18.9 Å². The van der Waals surface area contributed by atoms with E-state index in [4.69, 9.17) is 9.47 Å². The molecule has 1 aliphatic rings. The van der Waals surface area contributed by atoms with E-state index in [0.717, 1.165) is 53.1 Å². The molecule has 2 heterocycles. The molecule has 2 aromatic carbocycles. The number of benzene rings is 2. The zero-order valence-electron chi connectivity index (χ0n) is 16.6. The summed E-state index contributed by atoms with van der Waals surface area (Å²) in [4.78, 5) is 2.35. The summed E-state index contributed by atoms with van der Waals surface area (Å²) in [6, 6.07) is 14.4. The van der Waals surface area contributed by atoms with Gasteiger partial charge < -0.3 is 19.7 Å². The SMILES string of the molecule is COc1ccc(-c2nnc(NC3CCCN(C)C3)c3ccccc23)c(OC)c1. The van der Waals surface area contributed by atoms with Gasteiger partial charge in [-0.25, -0.2) is 0 Å². The van der Waals surface area contributed by atoms with Gasteiger partial charge in [-0.15, -0.1) is 10.2 Å². The Balaban J connectivity index is 1.76. The Morgan fingerprint density at radius 3 is 2.61 bits per heavy atom. The van der Waals surface area contributed by atoms with Crippen molar-refractivity contribution in [3.63, 3.8) is 0 Å². The van der Waals surface area contributed by atoms with Crippen LogP contribution in [-0.2, 0) is 0 Å². The number of hydrogen-bond acceptors (Lipinski definition) is 6. The van der Waals surface area contributed by atoms with Crippen LogP contribution in [0, 0.1) is 0 Å². The van der Waals surface area contributed by atoms with E-state index >= 15 is 0 Å². The van der Waals surface area contributed by atoms with Gasteiger partial charge in [-0.05, 0) is 38.6 Å². The van der Waals surface area contributed by atoms with E-state index in [0.29, 0.717) is 11.8 Å². The Bertz CT molecular complexity index is 976. The molecule has 6 nitrogen and oxygen atoms in total. The van der Waals surface area contributed by atoms with Crippen molar-refractivity contribution < 1.29 is 9.47 Å². The molecule has 1 atom stereocenters. The molecule has 1 aromatic heterocycles. The average molecular weight is 378 g/mol. The molecule has 6 heteroatoms. The summed E-state index contributed by atoms with van der Waals surface area (Å²) in [5, 5.41) is 14.9. The van der Waals surface area contributed by atoms with Gasteiger partial charge in [-0.2, -0.15) is 0 Å². The third-order valence-electron chi connectivity index (χ3n) is 5.32. The predicted octanol–water partition coefficient (Wildman–Crippen LogP) is 3.82. The molecule has 0 spiro atoms. The lowest BCUT2D eigenvalue weighted by Crippen LogP contribution is -2.40. The molecule has 1 N–H and O–H groups in total. The topological polar surface area (TPSA) is 59.5 Å². The number of anilines is 1. The lowest BCUT2D eigenvalue weighted by Gasteiger charge is -2.30. The van der Waals surface area contributed by atoms with E-state index in [1.165, 1.54) is 6.42 Å². The van der Waals surface area contributed by atoms with Crippen molar-refractivity contribution in [2.75, 3.05) is 39.7 Å². The quantitative estimate of drug-likeness (QED) is 0.728. The van der Waals surface area contributed by atoms with E-state index in [1.54, 1.807) is 14.2 Å². The van der Waals surface area contributed by atoms with Crippen LogP contribution in [0.4, 0.5) is 5.82 Å². The number of likely N-dealkylation sites (N-methyl/N-ethyl adjacent to an activating group) is 1. The Morgan fingerprint density at radius 1 is 1.04 bits per heavy atom. The molecule has 0 radical (unpaired) electrons. The number of methoxy groups -OCH3 is 2. The molecule has 146 valence electrons. The molecule has 28 heavy (non-hydrogen) atoms. The van der Waals surface area contributed by atoms with Crippen molar-refractivity contribution in [1.82, 2.24) is 15.1 Å². The standard InChI is InChI=1S/C22H26N4O2/c1-26-12-6-7-15(14-26)23-22-18-9-5-4-8-17(18)21(24-25-22)19-11-10-16(27-2)13-20(19)28-3/h4-5,8-11,13,15H,6-7,12,14H2,1-3H3,(H,23,25). The minimum absolute atomic E-state index is 0.387. The molecule has 0 amide bonds. The maximum absolute atomic E-state index is 5.59. The molecule has 4 rings (SSSR count). The third-order valence-corrected chi connectivity index (χ3v) is 5.32. The van der Waals surface area contributed by atoms with Gasteiger partial charge in [-0.3, -0.25) is 0 Å². The maximum atomic E-state index is 5.59. The van der Waals surface area contributed by atoms with Gasteiger partial charge in [0.1, 0.15) is 17.2 Å². The number of likely N-dealkylation sites (tertiary alicyclic amines) is 1. The molecule has 0 bridgehead atoms. The van der Waals surface area contributed by atoms with Crippen molar-refractivity contribution in [3.05, 3.63) is 42.5 Å². The second-order valence-corrected chi connectivity index (χ2v) is 7.25. The molecule has 1 aliphatic heterocycles. The predicted molar refractivity (Wildman–Crippen MR) is 112 cm³/mol. The van der Waals surface area contributed by atoms with E-state index in [2.05, 4.69) is 39.6 Å². The molecular formula is C22H26N4O2. The summed E-state index contributed by atoms with van der Waals surface area (Å²) in [6.07, 6.45) is 2.34. The van der Waals surface area contributed by atoms with E-state index in [-0.39, 0.29) is 0 Å². The zero-order chi connectivity index (χ0) is 19.5. The van der Waals surface area contributed by atoms with Crippen molar-refractivity contribution in [3.8, 4) is 22.8 Å². The minimum atomic E-state index is 0.387. The summed E-state index contributed by atoms with van der Waals surface area (Å²) in [5.41, 5.74) is 1.71. The second-order valence-electron chi connectivity index (χ2n) is 7.25. The largest absolute Gasteiger partial charge is 0.497 e. The van der Waals surface area contributed by atoms with Crippen LogP contribution in [0.2, 0.25) is 0 Å². The van der Waals surface area contributed by atoms with Crippen molar-refractivity contribution in [2.24, 2.45) is 0 Å². The highest BCUT2D eigenvalue weighted by Crippen LogP contribution is 2.37. The molecule has 1 saturated heterocycles. The van der Waals surface area contributed by atoms with Crippen molar-refractivity contribution >= 4 is 16.6 Å². The van der Waals surface area contributed by atoms with Crippen LogP contribution < -0.4 is 14.8 Å². The van der Waals surface area contributed by atoms with Crippen LogP contribution >= 0.6 is 0 Å². The minimum Gasteiger partial charge on any atom is -0.497 e. The van der Waals surface area contributed by atoms with Crippen LogP contribution in [0.5, 0.6) is 11.5 Å². The summed E-state index contributed by atoms with van der Waals surface area (Å²) in [5.74, 6) is 2.30. The van der Waals surface area contributed by atoms with Gasteiger partial charge in [-0.1, -0.05) is 24.3 Å². The highest BCUT2D eigenvalue weighted by molar-refractivity contribution is 6.01. The molecule has 0 aliphatic carbocycles. The molecule has 0 saturated carbocycles. The first kappa shape index (κ1) is 18.5. The third kappa shape index (κ3) is 3.60. The fourth-order valence-electron chi connectivity index (χ4n) is 3.88. The number of piperidine rings is 1. The number of aromatic nitrogens is 2. The average Bonchev–Trinajstić information content (AvgIpc) is 2.74. The monoisotopic (exact) mass is 378 g/mol. The first-order valence-electron chi connectivity index (χ1n) is 9.62. The summed E-state index contributed by atoms with van der Waals surface area (Å²) < 4.78 is 10.9. The molecule has 3 aromatic rings. The Hall–Kier alpha value is -2.86. The first-order valence-corrected chi connectivity index (χ1v) is 9.62. The van der Waals surface area contributed by atoms with E-state index < -0.39 is 0 Å². The normalized spacial score (nSPS) is 17.5. The van der Waals surface area contributed by atoms with Gasteiger partial charge in [0.2, 0.25) is 0 Å². The van der Waals surface area contributed by atoms with Gasteiger partial charge >= 0.3 is 0 Å². The fraction of sp³-hybridized carbons (Fsp3) is 0.364. The van der Waals surface area contributed by atoms with Crippen molar-refractivity contribution in [1.29, 1.82) is 0 Å². The van der Waals surface area contributed by atoms with Gasteiger partial charge in [0.25, 0.3) is 0 Å². The number of nitrogens with one attached hydrogen (secondary N) is 1. The number of fused-ring (bicyclic) bond motifs is 1. The van der Waals surface area contributed by atoms with Crippen LogP contribution in [0.1, 0.15) is 12.8 Å². The van der Waals surface area contributed by atoms with Gasteiger partial charge in [0.15, 0.2) is 5.82 Å². The first-order chi connectivity index (χ1) is 13.7. The number of nitrogens with zero attached hydrogens (tertiary/aromatic N) is 3. The van der Waals surface area contributed by atoms with Crippen LogP contribution in [0.25, 0.3) is 22.0 Å². The maximum Gasteiger partial charge on any atom is 0.156 e. The van der Waals surface area contributed by atoms with Crippen LogP contribution in [-0.4, -0.2) is 55.5 Å². The lowest BCUT2D eigenvalue weighted by molar-refractivity contribution is 0.261. The van der Waals surface area contributed by atoms with Gasteiger partial charge in [0.05, 0.1) is 14.2 Å². The second kappa shape index (κ2) is 8.02. The number of hydrogen-bond donors (Lipinski definition) is 1. The molecule has 1 fully saturated rings. The Kier molecular flexibility index (Phi) is 5.30. The molecular weight excluding hydrogens is 352 g/mol. The summed E-state index contributed by atoms with van der Waals surface area (Å²) in [7, 11) is 5.47. The zero-order valence-corrected chi connectivity index (χ0v) is 16.6. The number of ether oxygens (including phenoxy) is 2. The Morgan fingerprint density at radius 2 is 1.86 bits per heavy atom. The summed E-state index contributed by atoms with van der Waals surface area (Å²) in [6.45, 7) is 2.17. The smallest absolute Gasteiger partial charge is 0.156 e.